The third-order valence-corrected chi connectivity index (χ3v) is 3.85. The highest BCUT2D eigenvalue weighted by molar-refractivity contribution is 9.10. The predicted octanol–water partition coefficient (Wildman–Crippen LogP) is 5.41. The molecule has 0 heterocycles. The standard InChI is InChI=1S/C15H13Br2ClO2/c16-12-2-1-3-14(9-12)19-6-7-20-15-5-4-13(17)8-11(15)10-18/h1-5,8-9H,6-7,10H2. The molecule has 0 N–H and O–H groups in total. The highest BCUT2D eigenvalue weighted by Crippen LogP contribution is 2.24. The zero-order chi connectivity index (χ0) is 14.4. The van der Waals surface area contributed by atoms with Gasteiger partial charge in [0.25, 0.3) is 0 Å². The maximum Gasteiger partial charge on any atom is 0.123 e. The predicted molar refractivity (Wildman–Crippen MR) is 88.8 cm³/mol. The second kappa shape index (κ2) is 7.91. The molecular formula is C15H13Br2ClO2. The zero-order valence-corrected chi connectivity index (χ0v) is 14.5. The Balaban J connectivity index is 1.84. The summed E-state index contributed by atoms with van der Waals surface area (Å²) >= 11 is 12.7. The van der Waals surface area contributed by atoms with E-state index in [9.17, 15) is 0 Å². The molecule has 2 aromatic carbocycles. The van der Waals surface area contributed by atoms with E-state index in [1.165, 1.54) is 0 Å². The fourth-order valence-corrected chi connectivity index (χ4v) is 2.66. The van der Waals surface area contributed by atoms with Crippen LogP contribution in [-0.2, 0) is 5.88 Å². The Hall–Kier alpha value is -0.710. The van der Waals surface area contributed by atoms with Gasteiger partial charge in [-0.1, -0.05) is 37.9 Å². The molecule has 2 rings (SSSR count). The normalized spacial score (nSPS) is 10.3. The van der Waals surface area contributed by atoms with Gasteiger partial charge in [0.2, 0.25) is 0 Å². The van der Waals surface area contributed by atoms with E-state index in [0.29, 0.717) is 19.1 Å². The Morgan fingerprint density at radius 3 is 2.40 bits per heavy atom. The Labute approximate surface area is 140 Å². The molecule has 0 atom stereocenters. The molecule has 0 fully saturated rings. The third kappa shape index (κ3) is 4.69. The fourth-order valence-electron chi connectivity index (χ4n) is 1.66. The molecule has 0 saturated carbocycles. The van der Waals surface area contributed by atoms with E-state index < -0.39 is 0 Å². The first-order valence-corrected chi connectivity index (χ1v) is 8.16. The van der Waals surface area contributed by atoms with Crippen molar-refractivity contribution >= 4 is 43.5 Å². The van der Waals surface area contributed by atoms with Crippen molar-refractivity contribution in [3.63, 3.8) is 0 Å². The number of rotatable bonds is 6. The summed E-state index contributed by atoms with van der Waals surface area (Å²) in [4.78, 5) is 0. The van der Waals surface area contributed by atoms with Crippen LogP contribution in [0.5, 0.6) is 11.5 Å². The molecule has 2 aromatic rings. The minimum Gasteiger partial charge on any atom is -0.490 e. The summed E-state index contributed by atoms with van der Waals surface area (Å²) < 4.78 is 13.3. The van der Waals surface area contributed by atoms with Gasteiger partial charge in [0, 0.05) is 14.5 Å². The van der Waals surface area contributed by atoms with Crippen LogP contribution < -0.4 is 9.47 Å². The van der Waals surface area contributed by atoms with Crippen LogP contribution in [0.2, 0.25) is 0 Å². The first kappa shape index (κ1) is 15.7. The molecule has 0 aromatic heterocycles. The molecule has 0 bridgehead atoms. The first-order chi connectivity index (χ1) is 9.69. The van der Waals surface area contributed by atoms with Crippen LogP contribution in [0, 0.1) is 0 Å². The monoisotopic (exact) mass is 418 g/mol. The summed E-state index contributed by atoms with van der Waals surface area (Å²) in [6.45, 7) is 0.951. The summed E-state index contributed by atoms with van der Waals surface area (Å²) in [6, 6.07) is 13.5. The number of halogens is 3. The van der Waals surface area contributed by atoms with E-state index in [1.807, 2.05) is 42.5 Å². The van der Waals surface area contributed by atoms with Crippen LogP contribution in [0.1, 0.15) is 5.56 Å². The SMILES string of the molecule is ClCc1cc(Br)ccc1OCCOc1cccc(Br)c1. The van der Waals surface area contributed by atoms with Crippen molar-refractivity contribution in [2.45, 2.75) is 5.88 Å². The number of hydrogen-bond acceptors (Lipinski definition) is 2. The molecule has 106 valence electrons. The van der Waals surface area contributed by atoms with Crippen LogP contribution in [0.15, 0.2) is 51.4 Å². The lowest BCUT2D eigenvalue weighted by Crippen LogP contribution is -2.09. The molecular weight excluding hydrogens is 407 g/mol. The second-order valence-electron chi connectivity index (χ2n) is 4.04. The Morgan fingerprint density at radius 2 is 1.65 bits per heavy atom. The van der Waals surface area contributed by atoms with Crippen molar-refractivity contribution < 1.29 is 9.47 Å². The van der Waals surface area contributed by atoms with E-state index in [2.05, 4.69) is 31.9 Å². The van der Waals surface area contributed by atoms with Gasteiger partial charge in [-0.15, -0.1) is 11.6 Å². The quantitative estimate of drug-likeness (QED) is 0.460. The van der Waals surface area contributed by atoms with Gasteiger partial charge in [0.15, 0.2) is 0 Å². The van der Waals surface area contributed by atoms with Crippen molar-refractivity contribution in [2.24, 2.45) is 0 Å². The zero-order valence-electron chi connectivity index (χ0n) is 10.6. The van der Waals surface area contributed by atoms with Crippen LogP contribution in [0.3, 0.4) is 0 Å². The highest BCUT2D eigenvalue weighted by Gasteiger charge is 2.04. The number of alkyl halides is 1. The molecule has 5 heteroatoms. The molecule has 20 heavy (non-hydrogen) atoms. The molecule has 0 amide bonds. The molecule has 0 spiro atoms. The molecule has 2 nitrogen and oxygen atoms in total. The fraction of sp³-hybridized carbons (Fsp3) is 0.200. The lowest BCUT2D eigenvalue weighted by molar-refractivity contribution is 0.216. The summed E-state index contributed by atoms with van der Waals surface area (Å²) in [5, 5.41) is 0. The molecule has 0 aliphatic heterocycles. The molecule has 0 aliphatic rings. The van der Waals surface area contributed by atoms with Gasteiger partial charge in [0.1, 0.15) is 24.7 Å². The van der Waals surface area contributed by atoms with Gasteiger partial charge in [0.05, 0.1) is 5.88 Å². The Morgan fingerprint density at radius 1 is 0.900 bits per heavy atom. The Bertz CT molecular complexity index is 576. The van der Waals surface area contributed by atoms with Crippen molar-refractivity contribution in [3.8, 4) is 11.5 Å². The average molecular weight is 421 g/mol. The summed E-state index contributed by atoms with van der Waals surface area (Å²) in [5.41, 5.74) is 0.962. The maximum absolute atomic E-state index is 5.89. The van der Waals surface area contributed by atoms with Crippen LogP contribution >= 0.6 is 43.5 Å². The summed E-state index contributed by atoms with van der Waals surface area (Å²) in [7, 11) is 0. The summed E-state index contributed by atoms with van der Waals surface area (Å²) in [6.07, 6.45) is 0. The minimum atomic E-state index is 0.418. The molecule has 0 saturated heterocycles. The summed E-state index contributed by atoms with van der Waals surface area (Å²) in [5.74, 6) is 2.03. The lowest BCUT2D eigenvalue weighted by atomic mass is 10.2. The minimum absolute atomic E-state index is 0.418. The van der Waals surface area contributed by atoms with Gasteiger partial charge >= 0.3 is 0 Å². The topological polar surface area (TPSA) is 18.5 Å². The molecule has 0 aliphatic carbocycles. The largest absolute Gasteiger partial charge is 0.490 e. The smallest absolute Gasteiger partial charge is 0.123 e. The van der Waals surface area contributed by atoms with Crippen molar-refractivity contribution in [3.05, 3.63) is 57.0 Å². The van der Waals surface area contributed by atoms with Gasteiger partial charge < -0.3 is 9.47 Å². The van der Waals surface area contributed by atoms with Crippen LogP contribution in [-0.4, -0.2) is 13.2 Å². The van der Waals surface area contributed by atoms with Gasteiger partial charge in [-0.05, 0) is 36.4 Å². The third-order valence-electron chi connectivity index (χ3n) is 2.57. The van der Waals surface area contributed by atoms with Crippen LogP contribution in [0.25, 0.3) is 0 Å². The highest BCUT2D eigenvalue weighted by atomic mass is 79.9. The number of benzene rings is 2. The van der Waals surface area contributed by atoms with E-state index >= 15 is 0 Å². The second-order valence-corrected chi connectivity index (χ2v) is 6.14. The maximum atomic E-state index is 5.89. The van der Waals surface area contributed by atoms with Crippen molar-refractivity contribution in [2.75, 3.05) is 13.2 Å². The van der Waals surface area contributed by atoms with Crippen LogP contribution in [0.4, 0.5) is 0 Å². The van der Waals surface area contributed by atoms with E-state index in [4.69, 9.17) is 21.1 Å². The first-order valence-electron chi connectivity index (χ1n) is 6.04. The van der Waals surface area contributed by atoms with Crippen molar-refractivity contribution in [1.82, 2.24) is 0 Å². The average Bonchev–Trinajstić information content (AvgIpc) is 2.45. The molecule has 0 radical (unpaired) electrons. The lowest BCUT2D eigenvalue weighted by Gasteiger charge is -2.11. The van der Waals surface area contributed by atoms with Gasteiger partial charge in [-0.2, -0.15) is 0 Å². The van der Waals surface area contributed by atoms with Gasteiger partial charge in [-0.3, -0.25) is 0 Å². The van der Waals surface area contributed by atoms with E-state index in [0.717, 1.165) is 26.0 Å². The van der Waals surface area contributed by atoms with E-state index in [-0.39, 0.29) is 0 Å². The van der Waals surface area contributed by atoms with E-state index in [1.54, 1.807) is 0 Å². The molecule has 0 unspecified atom stereocenters. The Kier molecular flexibility index (Phi) is 6.20. The number of hydrogen-bond donors (Lipinski definition) is 0. The number of ether oxygens (including phenoxy) is 2. The van der Waals surface area contributed by atoms with Crippen molar-refractivity contribution in [1.29, 1.82) is 0 Å². The van der Waals surface area contributed by atoms with Gasteiger partial charge in [-0.25, -0.2) is 0 Å².